The number of fused-ring (bicyclic) bond motifs is 1. The van der Waals surface area contributed by atoms with Crippen molar-refractivity contribution in [3.05, 3.63) is 51.1 Å². The van der Waals surface area contributed by atoms with Crippen molar-refractivity contribution in [3.63, 3.8) is 0 Å². The van der Waals surface area contributed by atoms with Gasteiger partial charge in [-0.2, -0.15) is 0 Å². The largest absolute Gasteiger partial charge is 0.321 e. The molecule has 2 aromatic heterocycles. The van der Waals surface area contributed by atoms with E-state index in [-0.39, 0.29) is 11.6 Å². The highest BCUT2D eigenvalue weighted by Gasteiger charge is 2.33. The van der Waals surface area contributed by atoms with Crippen LogP contribution in [0.15, 0.2) is 23.0 Å². The average Bonchev–Trinajstić information content (AvgIpc) is 3.13. The van der Waals surface area contributed by atoms with E-state index in [0.717, 1.165) is 66.6 Å². The standard InChI is InChI=1S/C25H34N6O/c1-17-12-13-18(2)22-20(17)16-21(25(32)26-22)23(30-14-8-3-4-9-15-30)24-27-28-29-31(24)19-10-6-5-7-11-19/h12-13,16,19,23H,3-11,14-15H2,1-2H3,(H,26,32)/t23-/m0/s1. The lowest BCUT2D eigenvalue weighted by atomic mass is 9.94. The Morgan fingerprint density at radius 2 is 1.66 bits per heavy atom. The van der Waals surface area contributed by atoms with Gasteiger partial charge in [0.1, 0.15) is 6.04 Å². The molecule has 5 rings (SSSR count). The molecule has 1 N–H and O–H groups in total. The first-order valence-electron chi connectivity index (χ1n) is 12.3. The number of rotatable bonds is 4. The minimum absolute atomic E-state index is 0.0290. The number of aromatic amines is 1. The Bertz CT molecular complexity index is 1140. The van der Waals surface area contributed by atoms with Gasteiger partial charge in [0.25, 0.3) is 5.56 Å². The summed E-state index contributed by atoms with van der Waals surface area (Å²) in [6.07, 6.45) is 10.7. The van der Waals surface area contributed by atoms with Gasteiger partial charge in [-0.1, -0.05) is 44.2 Å². The molecule has 1 atom stereocenters. The van der Waals surface area contributed by atoms with E-state index in [4.69, 9.17) is 0 Å². The fourth-order valence-electron chi connectivity index (χ4n) is 5.61. The predicted octanol–water partition coefficient (Wildman–Crippen LogP) is 4.60. The van der Waals surface area contributed by atoms with E-state index >= 15 is 0 Å². The van der Waals surface area contributed by atoms with E-state index in [1.807, 2.05) is 11.6 Å². The Labute approximate surface area is 189 Å². The van der Waals surface area contributed by atoms with Crippen LogP contribution in [0, 0.1) is 13.8 Å². The van der Waals surface area contributed by atoms with E-state index in [0.29, 0.717) is 6.04 Å². The van der Waals surface area contributed by atoms with E-state index in [1.54, 1.807) is 0 Å². The lowest BCUT2D eigenvalue weighted by Gasteiger charge is -2.31. The lowest BCUT2D eigenvalue weighted by Crippen LogP contribution is -2.36. The summed E-state index contributed by atoms with van der Waals surface area (Å²) in [5.74, 6) is 0.828. The van der Waals surface area contributed by atoms with E-state index in [2.05, 4.69) is 50.5 Å². The van der Waals surface area contributed by atoms with Crippen LogP contribution >= 0.6 is 0 Å². The van der Waals surface area contributed by atoms with Gasteiger partial charge in [0, 0.05) is 10.9 Å². The fraction of sp³-hybridized carbons (Fsp3) is 0.600. The van der Waals surface area contributed by atoms with Crippen LogP contribution in [0.25, 0.3) is 10.9 Å². The number of tetrazole rings is 1. The van der Waals surface area contributed by atoms with Gasteiger partial charge in [0.15, 0.2) is 5.82 Å². The average molecular weight is 435 g/mol. The summed E-state index contributed by atoms with van der Waals surface area (Å²) in [4.78, 5) is 19.1. The SMILES string of the molecule is Cc1ccc(C)c2[nH]c(=O)c([C@@H](c3nnnn3C3CCCCC3)N3CCCCCC3)cc12. The third-order valence-electron chi connectivity index (χ3n) is 7.46. The number of likely N-dealkylation sites (tertiary alicyclic amines) is 1. The molecule has 1 saturated heterocycles. The third-order valence-corrected chi connectivity index (χ3v) is 7.46. The Kier molecular flexibility index (Phi) is 6.09. The maximum absolute atomic E-state index is 13.5. The molecule has 2 fully saturated rings. The first kappa shape index (κ1) is 21.3. The lowest BCUT2D eigenvalue weighted by molar-refractivity contribution is 0.210. The summed E-state index contributed by atoms with van der Waals surface area (Å²) in [5.41, 5.74) is 3.93. The van der Waals surface area contributed by atoms with Gasteiger partial charge in [-0.25, -0.2) is 4.68 Å². The Balaban J connectivity index is 1.67. The van der Waals surface area contributed by atoms with Crippen molar-refractivity contribution in [2.45, 2.75) is 83.7 Å². The number of aromatic nitrogens is 5. The summed E-state index contributed by atoms with van der Waals surface area (Å²) in [5, 5.41) is 14.2. The second kappa shape index (κ2) is 9.14. The third kappa shape index (κ3) is 3.98. The Morgan fingerprint density at radius 3 is 2.41 bits per heavy atom. The number of nitrogens with one attached hydrogen (secondary N) is 1. The van der Waals surface area contributed by atoms with E-state index in [9.17, 15) is 4.79 Å². The van der Waals surface area contributed by atoms with Gasteiger partial charge in [-0.3, -0.25) is 9.69 Å². The Morgan fingerprint density at radius 1 is 0.969 bits per heavy atom. The molecule has 0 amide bonds. The van der Waals surface area contributed by atoms with Gasteiger partial charge < -0.3 is 4.98 Å². The van der Waals surface area contributed by atoms with Crippen LogP contribution in [0.3, 0.4) is 0 Å². The van der Waals surface area contributed by atoms with Crippen molar-refractivity contribution in [2.24, 2.45) is 0 Å². The van der Waals surface area contributed by atoms with Crippen LogP contribution < -0.4 is 5.56 Å². The monoisotopic (exact) mass is 434 g/mol. The maximum Gasteiger partial charge on any atom is 0.253 e. The summed E-state index contributed by atoms with van der Waals surface area (Å²) >= 11 is 0. The summed E-state index contributed by atoms with van der Waals surface area (Å²) < 4.78 is 2.04. The van der Waals surface area contributed by atoms with Crippen LogP contribution in [0.2, 0.25) is 0 Å². The first-order chi connectivity index (χ1) is 15.6. The number of H-pyrrole nitrogens is 1. The van der Waals surface area contributed by atoms with Crippen LogP contribution in [0.5, 0.6) is 0 Å². The predicted molar refractivity (Wildman–Crippen MR) is 126 cm³/mol. The number of nitrogens with zero attached hydrogens (tertiary/aromatic N) is 5. The van der Waals surface area contributed by atoms with Crippen LogP contribution in [-0.4, -0.2) is 43.2 Å². The molecule has 3 aromatic rings. The number of hydrogen-bond acceptors (Lipinski definition) is 5. The zero-order valence-corrected chi connectivity index (χ0v) is 19.3. The second-order valence-electron chi connectivity index (χ2n) is 9.67. The van der Waals surface area contributed by atoms with Gasteiger partial charge in [-0.05, 0) is 80.2 Å². The van der Waals surface area contributed by atoms with Gasteiger partial charge >= 0.3 is 0 Å². The fourth-order valence-corrected chi connectivity index (χ4v) is 5.61. The molecule has 7 heteroatoms. The molecule has 7 nitrogen and oxygen atoms in total. The summed E-state index contributed by atoms with van der Waals surface area (Å²) in [6.45, 7) is 6.09. The zero-order chi connectivity index (χ0) is 22.1. The molecule has 0 unspecified atom stereocenters. The molecule has 1 aromatic carbocycles. The zero-order valence-electron chi connectivity index (χ0n) is 19.3. The smallest absolute Gasteiger partial charge is 0.253 e. The van der Waals surface area contributed by atoms with Crippen molar-refractivity contribution in [1.29, 1.82) is 0 Å². The number of pyridine rings is 1. The highest BCUT2D eigenvalue weighted by Crippen LogP contribution is 2.34. The van der Waals surface area contributed by atoms with E-state index in [1.165, 1.54) is 37.7 Å². The minimum Gasteiger partial charge on any atom is -0.321 e. The molecule has 32 heavy (non-hydrogen) atoms. The summed E-state index contributed by atoms with van der Waals surface area (Å²) in [6, 6.07) is 6.41. The van der Waals surface area contributed by atoms with Crippen LogP contribution in [0.4, 0.5) is 0 Å². The van der Waals surface area contributed by atoms with Crippen LogP contribution in [0.1, 0.15) is 92.4 Å². The number of benzene rings is 1. The maximum atomic E-state index is 13.5. The summed E-state index contributed by atoms with van der Waals surface area (Å²) in [7, 11) is 0. The van der Waals surface area contributed by atoms with Crippen molar-refractivity contribution < 1.29 is 0 Å². The molecule has 1 saturated carbocycles. The van der Waals surface area contributed by atoms with Gasteiger partial charge in [0.2, 0.25) is 0 Å². The van der Waals surface area contributed by atoms with Crippen LogP contribution in [-0.2, 0) is 0 Å². The van der Waals surface area contributed by atoms with Crippen molar-refractivity contribution in [1.82, 2.24) is 30.1 Å². The van der Waals surface area contributed by atoms with Crippen molar-refractivity contribution >= 4 is 10.9 Å². The molecule has 0 bridgehead atoms. The Hall–Kier alpha value is -2.54. The molecule has 0 spiro atoms. The van der Waals surface area contributed by atoms with Gasteiger partial charge in [-0.15, -0.1) is 5.10 Å². The number of hydrogen-bond donors (Lipinski definition) is 1. The molecular formula is C25H34N6O. The molecule has 0 radical (unpaired) electrons. The highest BCUT2D eigenvalue weighted by molar-refractivity contribution is 5.85. The molecule has 170 valence electrons. The molecule has 1 aliphatic heterocycles. The quantitative estimate of drug-likeness (QED) is 0.649. The number of aryl methyl sites for hydroxylation is 2. The first-order valence-corrected chi connectivity index (χ1v) is 12.3. The minimum atomic E-state index is -0.224. The van der Waals surface area contributed by atoms with Crippen molar-refractivity contribution in [2.75, 3.05) is 13.1 Å². The van der Waals surface area contributed by atoms with E-state index < -0.39 is 0 Å². The normalized spacial score (nSPS) is 19.8. The topological polar surface area (TPSA) is 79.7 Å². The molecule has 3 heterocycles. The second-order valence-corrected chi connectivity index (χ2v) is 9.67. The molecular weight excluding hydrogens is 400 g/mol. The van der Waals surface area contributed by atoms with Crippen molar-refractivity contribution in [3.8, 4) is 0 Å². The molecule has 2 aliphatic rings. The highest BCUT2D eigenvalue weighted by atomic mass is 16.1. The molecule has 1 aliphatic carbocycles. The van der Waals surface area contributed by atoms with Gasteiger partial charge in [0.05, 0.1) is 11.6 Å².